The van der Waals surface area contributed by atoms with E-state index in [2.05, 4.69) is 15.3 Å². The van der Waals surface area contributed by atoms with Crippen LogP contribution in [0.1, 0.15) is 36.7 Å². The largest absolute Gasteiger partial charge is 0.444 e. The summed E-state index contributed by atoms with van der Waals surface area (Å²) >= 11 is 0. The van der Waals surface area contributed by atoms with Crippen molar-refractivity contribution in [2.45, 2.75) is 32.9 Å². The lowest BCUT2D eigenvalue weighted by Gasteiger charge is -2.35. The number of amides is 2. The van der Waals surface area contributed by atoms with Gasteiger partial charge in [0.25, 0.3) is 5.91 Å². The fraction of sp³-hybridized carbons (Fsp3) is 0.257. The van der Waals surface area contributed by atoms with Crippen molar-refractivity contribution < 1.29 is 18.7 Å². The van der Waals surface area contributed by atoms with Crippen molar-refractivity contribution in [3.63, 3.8) is 0 Å². The van der Waals surface area contributed by atoms with Crippen LogP contribution in [-0.2, 0) is 11.3 Å². The quantitative estimate of drug-likeness (QED) is 0.231. The molecule has 0 spiro atoms. The minimum Gasteiger partial charge on any atom is -0.444 e. The summed E-state index contributed by atoms with van der Waals surface area (Å²) in [7, 11) is 0. The summed E-state index contributed by atoms with van der Waals surface area (Å²) in [5, 5.41) is 8.05. The molecule has 11 nitrogen and oxygen atoms in total. The fourth-order valence-electron chi connectivity index (χ4n) is 5.18. The van der Waals surface area contributed by atoms with Gasteiger partial charge in [0, 0.05) is 73.3 Å². The van der Waals surface area contributed by atoms with Gasteiger partial charge < -0.3 is 19.9 Å². The second-order valence-corrected chi connectivity index (χ2v) is 12.2. The maximum atomic E-state index is 13.5. The number of rotatable bonds is 7. The van der Waals surface area contributed by atoms with Crippen molar-refractivity contribution in [3.05, 3.63) is 108 Å². The molecule has 1 aliphatic rings. The highest BCUT2D eigenvalue weighted by atomic mass is 19.1. The van der Waals surface area contributed by atoms with Gasteiger partial charge in [0.05, 0.1) is 12.2 Å². The number of nitrogens with zero attached hydrogens (tertiary/aromatic N) is 7. The molecule has 0 saturated carbocycles. The van der Waals surface area contributed by atoms with Crippen molar-refractivity contribution in [2.24, 2.45) is 0 Å². The monoisotopic (exact) mass is 634 g/mol. The number of halogens is 1. The van der Waals surface area contributed by atoms with E-state index in [0.717, 1.165) is 16.7 Å². The molecule has 4 heterocycles. The fourth-order valence-corrected chi connectivity index (χ4v) is 5.18. The van der Waals surface area contributed by atoms with Gasteiger partial charge in [0.15, 0.2) is 0 Å². The number of piperazine rings is 1. The minimum absolute atomic E-state index is 0.0979. The average molecular weight is 635 g/mol. The summed E-state index contributed by atoms with van der Waals surface area (Å²) in [5.41, 5.74) is 4.60. The lowest BCUT2D eigenvalue weighted by molar-refractivity contribution is 0.0141. The summed E-state index contributed by atoms with van der Waals surface area (Å²) in [6.07, 6.45) is 6.67. The number of aromatic nitrogens is 5. The predicted octanol–water partition coefficient (Wildman–Crippen LogP) is 6.03. The predicted molar refractivity (Wildman–Crippen MR) is 175 cm³/mol. The number of ether oxygens (including phenoxy) is 1. The van der Waals surface area contributed by atoms with Crippen LogP contribution >= 0.6 is 0 Å². The first-order valence-electron chi connectivity index (χ1n) is 15.3. The molecule has 6 rings (SSSR count). The number of carbonyl (C=O) groups excluding carboxylic acids is 2. The van der Waals surface area contributed by atoms with E-state index in [1.165, 1.54) is 12.1 Å². The molecule has 1 saturated heterocycles. The number of anilines is 2. The van der Waals surface area contributed by atoms with Gasteiger partial charge in [-0.25, -0.2) is 19.2 Å². The Morgan fingerprint density at radius 2 is 1.64 bits per heavy atom. The number of hydrogen-bond donors (Lipinski definition) is 1. The first kappa shape index (κ1) is 31.3. The van der Waals surface area contributed by atoms with Gasteiger partial charge in [-0.3, -0.25) is 14.5 Å². The SMILES string of the molecule is CC(C)(C)OC(=O)N1CCN(C(=O)c2ccc(Nc3nccc(-c4cn(Cc5ccc(F)cc5)nc4-c4cccnc4)n3)cc2)CC1. The highest BCUT2D eigenvalue weighted by Gasteiger charge is 2.28. The molecule has 0 atom stereocenters. The van der Waals surface area contributed by atoms with E-state index in [9.17, 15) is 14.0 Å². The summed E-state index contributed by atoms with van der Waals surface area (Å²) in [4.78, 5) is 42.4. The van der Waals surface area contributed by atoms with Gasteiger partial charge in [-0.15, -0.1) is 0 Å². The molecule has 1 N–H and O–H groups in total. The van der Waals surface area contributed by atoms with Gasteiger partial charge in [0.1, 0.15) is 17.1 Å². The number of carbonyl (C=O) groups is 2. The van der Waals surface area contributed by atoms with Gasteiger partial charge >= 0.3 is 6.09 Å². The Labute approximate surface area is 272 Å². The Morgan fingerprint density at radius 1 is 0.915 bits per heavy atom. The third-order valence-electron chi connectivity index (χ3n) is 7.49. The molecule has 240 valence electrons. The van der Waals surface area contributed by atoms with Crippen LogP contribution in [0.15, 0.2) is 91.5 Å². The van der Waals surface area contributed by atoms with E-state index in [1.807, 2.05) is 57.3 Å². The summed E-state index contributed by atoms with van der Waals surface area (Å²) in [5.74, 6) is -0.00844. The van der Waals surface area contributed by atoms with Crippen LogP contribution < -0.4 is 5.32 Å². The zero-order valence-corrected chi connectivity index (χ0v) is 26.4. The molecule has 2 aromatic carbocycles. The molecule has 5 aromatic rings. The van der Waals surface area contributed by atoms with Gasteiger partial charge in [-0.05, 0) is 80.9 Å². The Balaban J connectivity index is 1.14. The highest BCUT2D eigenvalue weighted by Crippen LogP contribution is 2.30. The highest BCUT2D eigenvalue weighted by molar-refractivity contribution is 5.94. The number of hydrogen-bond acceptors (Lipinski definition) is 8. The lowest BCUT2D eigenvalue weighted by Crippen LogP contribution is -2.51. The van der Waals surface area contributed by atoms with Crippen LogP contribution in [0, 0.1) is 5.82 Å². The molecular weight excluding hydrogens is 599 g/mol. The molecule has 3 aromatic heterocycles. The molecule has 2 amide bonds. The number of benzene rings is 2. The standard InChI is InChI=1S/C35H35FN8O3/c1-35(2,3)47-34(46)43-19-17-42(18-20-43)32(45)25-8-12-28(13-9-25)39-33-38-16-14-30(40-33)29-23-44(22-24-6-10-27(36)11-7-24)41-31(29)26-5-4-15-37-21-26/h4-16,21,23H,17-20,22H2,1-3H3,(H,38,39,40). The maximum Gasteiger partial charge on any atom is 0.410 e. The van der Waals surface area contributed by atoms with Crippen molar-refractivity contribution >= 4 is 23.6 Å². The molecule has 0 unspecified atom stereocenters. The average Bonchev–Trinajstić information content (AvgIpc) is 3.49. The topological polar surface area (TPSA) is 118 Å². The molecule has 0 bridgehead atoms. The Morgan fingerprint density at radius 3 is 2.32 bits per heavy atom. The number of nitrogens with one attached hydrogen (secondary N) is 1. The molecule has 1 aliphatic heterocycles. The molecular formula is C35H35FN8O3. The lowest BCUT2D eigenvalue weighted by atomic mass is 10.1. The third kappa shape index (κ3) is 7.78. The van der Waals surface area contributed by atoms with Crippen LogP contribution in [0.25, 0.3) is 22.5 Å². The molecule has 12 heteroatoms. The number of pyridine rings is 1. The van der Waals surface area contributed by atoms with Crippen LogP contribution in [-0.4, -0.2) is 78.3 Å². The van der Waals surface area contributed by atoms with E-state index in [4.69, 9.17) is 14.8 Å². The second kappa shape index (κ2) is 13.4. The summed E-state index contributed by atoms with van der Waals surface area (Å²) in [6.45, 7) is 7.65. The van der Waals surface area contributed by atoms with Crippen LogP contribution in [0.3, 0.4) is 0 Å². The van der Waals surface area contributed by atoms with Gasteiger partial charge in [0.2, 0.25) is 5.95 Å². The van der Waals surface area contributed by atoms with Gasteiger partial charge in [-0.1, -0.05) is 12.1 Å². The zero-order chi connectivity index (χ0) is 33.0. The summed E-state index contributed by atoms with van der Waals surface area (Å²) < 4.78 is 20.7. The molecule has 1 fully saturated rings. The van der Waals surface area contributed by atoms with E-state index >= 15 is 0 Å². The summed E-state index contributed by atoms with van der Waals surface area (Å²) in [6, 6.07) is 19.1. The first-order valence-corrected chi connectivity index (χ1v) is 15.3. The van der Waals surface area contributed by atoms with E-state index in [1.54, 1.807) is 57.3 Å². The molecule has 0 radical (unpaired) electrons. The van der Waals surface area contributed by atoms with Crippen LogP contribution in [0.5, 0.6) is 0 Å². The van der Waals surface area contributed by atoms with Crippen molar-refractivity contribution in [1.29, 1.82) is 0 Å². The van der Waals surface area contributed by atoms with Crippen LogP contribution in [0.4, 0.5) is 20.8 Å². The van der Waals surface area contributed by atoms with Crippen molar-refractivity contribution in [1.82, 2.24) is 34.5 Å². The maximum absolute atomic E-state index is 13.5. The van der Waals surface area contributed by atoms with Gasteiger partial charge in [-0.2, -0.15) is 5.10 Å². The Hall–Kier alpha value is -5.65. The molecule has 0 aliphatic carbocycles. The minimum atomic E-state index is -0.565. The van der Waals surface area contributed by atoms with Crippen LogP contribution in [0.2, 0.25) is 0 Å². The smallest absolute Gasteiger partial charge is 0.410 e. The normalized spacial score (nSPS) is 13.4. The third-order valence-corrected chi connectivity index (χ3v) is 7.49. The Kier molecular flexibility index (Phi) is 8.92. The van der Waals surface area contributed by atoms with E-state index in [-0.39, 0.29) is 17.8 Å². The molecule has 47 heavy (non-hydrogen) atoms. The van der Waals surface area contributed by atoms with Crippen molar-refractivity contribution in [2.75, 3.05) is 31.5 Å². The van der Waals surface area contributed by atoms with Crippen molar-refractivity contribution in [3.8, 4) is 22.5 Å². The first-order chi connectivity index (χ1) is 22.6. The second-order valence-electron chi connectivity index (χ2n) is 12.2. The van der Waals surface area contributed by atoms with E-state index < -0.39 is 5.60 Å². The van der Waals surface area contributed by atoms with E-state index in [0.29, 0.717) is 61.3 Å². The zero-order valence-electron chi connectivity index (χ0n) is 26.4. The Bertz CT molecular complexity index is 1850.